The van der Waals surface area contributed by atoms with Crippen LogP contribution in [0.1, 0.15) is 31.9 Å². The van der Waals surface area contributed by atoms with Gasteiger partial charge in [0.2, 0.25) is 0 Å². The Labute approximate surface area is 122 Å². The molecule has 1 unspecified atom stereocenters. The van der Waals surface area contributed by atoms with Crippen LogP contribution in [0.2, 0.25) is 0 Å². The average Bonchev–Trinajstić information content (AvgIpc) is 2.44. The van der Waals surface area contributed by atoms with Gasteiger partial charge in [-0.3, -0.25) is 0 Å². The lowest BCUT2D eigenvalue weighted by atomic mass is 10.0. The third kappa shape index (κ3) is 4.06. The van der Waals surface area contributed by atoms with Gasteiger partial charge in [0.05, 0.1) is 6.10 Å². The number of hydrogen-bond acceptors (Lipinski definition) is 2. The molecule has 2 rings (SSSR count). The third-order valence-electron chi connectivity index (χ3n) is 3.73. The Hall–Kier alpha value is -1.38. The first-order valence-electron chi connectivity index (χ1n) is 7.41. The fourth-order valence-corrected chi connectivity index (χ4v) is 2.39. The molecule has 108 valence electrons. The van der Waals surface area contributed by atoms with Crippen LogP contribution in [0.15, 0.2) is 42.5 Å². The van der Waals surface area contributed by atoms with Crippen LogP contribution in [-0.4, -0.2) is 30.1 Å². The lowest BCUT2D eigenvalue weighted by Crippen LogP contribution is -2.26. The van der Waals surface area contributed by atoms with Gasteiger partial charge in [-0.15, -0.1) is 0 Å². The van der Waals surface area contributed by atoms with Crippen molar-refractivity contribution in [2.24, 2.45) is 5.92 Å². The van der Waals surface area contributed by atoms with Crippen molar-refractivity contribution in [3.8, 4) is 0 Å². The summed E-state index contributed by atoms with van der Waals surface area (Å²) in [6.07, 6.45) is 0.748. The minimum absolute atomic E-state index is 0.420. The summed E-state index contributed by atoms with van der Waals surface area (Å²) in [7, 11) is 2.08. The van der Waals surface area contributed by atoms with E-state index in [1.165, 1.54) is 17.2 Å². The van der Waals surface area contributed by atoms with Gasteiger partial charge in [-0.1, -0.05) is 50.2 Å². The van der Waals surface area contributed by atoms with Gasteiger partial charge in [0.1, 0.15) is 0 Å². The highest BCUT2D eigenvalue weighted by Crippen LogP contribution is 2.21. The molecule has 2 aromatic carbocycles. The first-order chi connectivity index (χ1) is 9.56. The van der Waals surface area contributed by atoms with Crippen LogP contribution in [0.5, 0.6) is 0 Å². The Bertz CT molecular complexity index is 550. The zero-order chi connectivity index (χ0) is 14.5. The second-order valence-electron chi connectivity index (χ2n) is 6.07. The number of benzene rings is 2. The zero-order valence-electron chi connectivity index (χ0n) is 12.7. The Morgan fingerprint density at radius 3 is 2.45 bits per heavy atom. The molecule has 0 bridgehead atoms. The molecule has 0 amide bonds. The number of rotatable bonds is 6. The predicted molar refractivity (Wildman–Crippen MR) is 85.9 cm³/mol. The van der Waals surface area contributed by atoms with Crippen LogP contribution in [0.4, 0.5) is 0 Å². The SMILES string of the molecule is CC(C)CCN(C)CC(O)c1ccc2ccccc2c1. The first-order valence-corrected chi connectivity index (χ1v) is 7.41. The van der Waals surface area contributed by atoms with E-state index in [1.54, 1.807) is 0 Å². The molecule has 0 spiro atoms. The summed E-state index contributed by atoms with van der Waals surface area (Å²) < 4.78 is 0. The topological polar surface area (TPSA) is 23.5 Å². The van der Waals surface area contributed by atoms with E-state index in [4.69, 9.17) is 0 Å². The molecule has 0 aliphatic heterocycles. The molecule has 2 aromatic rings. The van der Waals surface area contributed by atoms with Gasteiger partial charge < -0.3 is 10.0 Å². The van der Waals surface area contributed by atoms with Gasteiger partial charge in [-0.05, 0) is 48.3 Å². The van der Waals surface area contributed by atoms with Crippen LogP contribution in [0.25, 0.3) is 10.8 Å². The molecule has 0 heterocycles. The number of fused-ring (bicyclic) bond motifs is 1. The highest BCUT2D eigenvalue weighted by Gasteiger charge is 2.11. The summed E-state index contributed by atoms with van der Waals surface area (Å²) in [5.41, 5.74) is 1.00. The van der Waals surface area contributed by atoms with Crippen molar-refractivity contribution in [1.82, 2.24) is 4.90 Å². The first kappa shape index (κ1) is 15.0. The Balaban J connectivity index is 2.01. The molecule has 0 aromatic heterocycles. The molecule has 1 atom stereocenters. The summed E-state index contributed by atoms with van der Waals surface area (Å²) in [6, 6.07) is 14.5. The lowest BCUT2D eigenvalue weighted by Gasteiger charge is -2.21. The van der Waals surface area contributed by atoms with Gasteiger partial charge in [-0.2, -0.15) is 0 Å². The van der Waals surface area contributed by atoms with Crippen molar-refractivity contribution >= 4 is 10.8 Å². The normalized spacial score (nSPS) is 13.3. The highest BCUT2D eigenvalue weighted by atomic mass is 16.3. The lowest BCUT2D eigenvalue weighted by molar-refractivity contribution is 0.124. The Morgan fingerprint density at radius 1 is 1.05 bits per heavy atom. The molecule has 2 nitrogen and oxygen atoms in total. The van der Waals surface area contributed by atoms with Crippen LogP contribution in [0.3, 0.4) is 0 Å². The number of aliphatic hydroxyl groups is 1. The van der Waals surface area contributed by atoms with E-state index in [9.17, 15) is 5.11 Å². The monoisotopic (exact) mass is 271 g/mol. The summed E-state index contributed by atoms with van der Waals surface area (Å²) in [4.78, 5) is 2.21. The predicted octanol–water partition coefficient (Wildman–Crippen LogP) is 3.85. The van der Waals surface area contributed by atoms with Gasteiger partial charge >= 0.3 is 0 Å². The van der Waals surface area contributed by atoms with E-state index in [-0.39, 0.29) is 0 Å². The van der Waals surface area contributed by atoms with Crippen LogP contribution >= 0.6 is 0 Å². The molecule has 2 heteroatoms. The van der Waals surface area contributed by atoms with Crippen LogP contribution in [0, 0.1) is 5.92 Å². The average molecular weight is 271 g/mol. The highest BCUT2D eigenvalue weighted by molar-refractivity contribution is 5.83. The maximum atomic E-state index is 10.4. The molecule has 0 fully saturated rings. The maximum Gasteiger partial charge on any atom is 0.0917 e. The van der Waals surface area contributed by atoms with Gasteiger partial charge in [0, 0.05) is 6.54 Å². The molecule has 1 N–H and O–H groups in total. The minimum Gasteiger partial charge on any atom is -0.387 e. The number of aliphatic hydroxyl groups excluding tert-OH is 1. The van der Waals surface area contributed by atoms with Gasteiger partial charge in [-0.25, -0.2) is 0 Å². The van der Waals surface area contributed by atoms with E-state index in [0.29, 0.717) is 12.5 Å². The zero-order valence-corrected chi connectivity index (χ0v) is 12.7. The quantitative estimate of drug-likeness (QED) is 0.862. The van der Waals surface area contributed by atoms with E-state index in [0.717, 1.165) is 12.1 Å². The van der Waals surface area contributed by atoms with Crippen molar-refractivity contribution in [2.75, 3.05) is 20.1 Å². The van der Waals surface area contributed by atoms with Crippen molar-refractivity contribution in [3.05, 3.63) is 48.0 Å². The molecule has 0 aliphatic carbocycles. The summed E-state index contributed by atoms with van der Waals surface area (Å²) in [6.45, 7) is 6.18. The number of nitrogens with zero attached hydrogens (tertiary/aromatic N) is 1. The maximum absolute atomic E-state index is 10.4. The molecule has 20 heavy (non-hydrogen) atoms. The Morgan fingerprint density at radius 2 is 1.75 bits per heavy atom. The molecular weight excluding hydrogens is 246 g/mol. The van der Waals surface area contributed by atoms with Crippen molar-refractivity contribution < 1.29 is 5.11 Å². The molecule has 0 saturated carbocycles. The summed E-state index contributed by atoms with van der Waals surface area (Å²) in [5.74, 6) is 0.704. The second-order valence-corrected chi connectivity index (χ2v) is 6.07. The molecule has 0 radical (unpaired) electrons. The fourth-order valence-electron chi connectivity index (χ4n) is 2.39. The van der Waals surface area contributed by atoms with Crippen molar-refractivity contribution in [3.63, 3.8) is 0 Å². The van der Waals surface area contributed by atoms with Crippen molar-refractivity contribution in [1.29, 1.82) is 0 Å². The van der Waals surface area contributed by atoms with E-state index in [1.807, 2.05) is 18.2 Å². The number of hydrogen-bond donors (Lipinski definition) is 1. The molecule has 0 aliphatic rings. The Kier molecular flexibility index (Phi) is 5.16. The van der Waals surface area contributed by atoms with Crippen LogP contribution < -0.4 is 0 Å². The summed E-state index contributed by atoms with van der Waals surface area (Å²) in [5, 5.41) is 12.8. The van der Waals surface area contributed by atoms with E-state index < -0.39 is 6.10 Å². The summed E-state index contributed by atoms with van der Waals surface area (Å²) >= 11 is 0. The van der Waals surface area contributed by atoms with Crippen LogP contribution in [-0.2, 0) is 0 Å². The second kappa shape index (κ2) is 6.87. The van der Waals surface area contributed by atoms with Gasteiger partial charge in [0.25, 0.3) is 0 Å². The standard InChI is InChI=1S/C18H25NO/c1-14(2)10-11-19(3)13-18(20)17-9-8-15-6-4-5-7-16(15)12-17/h4-9,12,14,18,20H,10-11,13H2,1-3H3. The molecular formula is C18H25NO. The molecule has 0 saturated heterocycles. The van der Waals surface area contributed by atoms with Gasteiger partial charge in [0.15, 0.2) is 0 Å². The van der Waals surface area contributed by atoms with E-state index in [2.05, 4.69) is 50.1 Å². The largest absolute Gasteiger partial charge is 0.387 e. The fraction of sp³-hybridized carbons (Fsp3) is 0.444. The smallest absolute Gasteiger partial charge is 0.0917 e. The minimum atomic E-state index is -0.420. The van der Waals surface area contributed by atoms with E-state index >= 15 is 0 Å². The number of likely N-dealkylation sites (N-methyl/N-ethyl adjacent to an activating group) is 1. The van der Waals surface area contributed by atoms with Crippen molar-refractivity contribution in [2.45, 2.75) is 26.4 Å². The third-order valence-corrected chi connectivity index (χ3v) is 3.73.